The quantitative estimate of drug-likeness (QED) is 0.845. The van der Waals surface area contributed by atoms with Crippen LogP contribution in [0.15, 0.2) is 36.5 Å². The molecule has 1 heterocycles. The van der Waals surface area contributed by atoms with Crippen LogP contribution >= 0.6 is 0 Å². The highest BCUT2D eigenvalue weighted by Crippen LogP contribution is 2.32. The Bertz CT molecular complexity index is 573. The second-order valence-electron chi connectivity index (χ2n) is 4.12. The maximum atomic E-state index is 5.68. The van der Waals surface area contributed by atoms with Crippen LogP contribution in [0.3, 0.4) is 0 Å². The van der Waals surface area contributed by atoms with E-state index in [2.05, 4.69) is 10.3 Å². The second-order valence-corrected chi connectivity index (χ2v) is 4.12. The third kappa shape index (κ3) is 3.54. The molecule has 20 heavy (non-hydrogen) atoms. The van der Waals surface area contributed by atoms with Gasteiger partial charge in [0.15, 0.2) is 0 Å². The lowest BCUT2D eigenvalue weighted by molar-refractivity contribution is 0.332. The van der Waals surface area contributed by atoms with Gasteiger partial charge >= 0.3 is 0 Å². The molecule has 0 aliphatic carbocycles. The van der Waals surface area contributed by atoms with E-state index >= 15 is 0 Å². The van der Waals surface area contributed by atoms with Crippen molar-refractivity contribution in [3.63, 3.8) is 0 Å². The number of nitrogens with one attached hydrogen (secondary N) is 1. The van der Waals surface area contributed by atoms with Crippen molar-refractivity contribution >= 4 is 17.2 Å². The molecule has 5 nitrogen and oxygen atoms in total. The van der Waals surface area contributed by atoms with Crippen LogP contribution in [-0.4, -0.2) is 18.2 Å². The predicted octanol–water partition coefficient (Wildman–Crippen LogP) is 3.20. The van der Waals surface area contributed by atoms with Gasteiger partial charge in [-0.05, 0) is 32.0 Å². The van der Waals surface area contributed by atoms with Gasteiger partial charge < -0.3 is 20.5 Å². The number of pyridine rings is 1. The van der Waals surface area contributed by atoms with Crippen LogP contribution in [0.25, 0.3) is 0 Å². The summed E-state index contributed by atoms with van der Waals surface area (Å²) in [7, 11) is 0. The molecule has 3 N–H and O–H groups in total. The summed E-state index contributed by atoms with van der Waals surface area (Å²) in [6.45, 7) is 5.12. The van der Waals surface area contributed by atoms with Gasteiger partial charge in [-0.25, -0.2) is 4.98 Å². The molecule has 1 aromatic heterocycles. The van der Waals surface area contributed by atoms with Crippen LogP contribution in [-0.2, 0) is 0 Å². The van der Waals surface area contributed by atoms with Gasteiger partial charge in [0.05, 0.1) is 18.9 Å². The summed E-state index contributed by atoms with van der Waals surface area (Å²) in [6, 6.07) is 9.30. The number of rotatable bonds is 6. The SMILES string of the molecule is CCOc1ccc(OCC)c(Nc2ccnc(N)c2)c1. The third-order valence-electron chi connectivity index (χ3n) is 2.62. The van der Waals surface area contributed by atoms with Crippen LogP contribution in [0.1, 0.15) is 13.8 Å². The first kappa shape index (κ1) is 14.0. The normalized spacial score (nSPS) is 10.1. The Morgan fingerprint density at radius 3 is 2.60 bits per heavy atom. The van der Waals surface area contributed by atoms with Gasteiger partial charge in [-0.1, -0.05) is 0 Å². The maximum absolute atomic E-state index is 5.68. The molecule has 0 saturated carbocycles. The van der Waals surface area contributed by atoms with Crippen molar-refractivity contribution in [2.75, 3.05) is 24.3 Å². The fourth-order valence-corrected chi connectivity index (χ4v) is 1.83. The van der Waals surface area contributed by atoms with Gasteiger partial charge in [0.2, 0.25) is 0 Å². The molecule has 0 unspecified atom stereocenters. The average Bonchev–Trinajstić information content (AvgIpc) is 2.42. The minimum absolute atomic E-state index is 0.467. The first-order valence-electron chi connectivity index (χ1n) is 6.61. The first-order valence-corrected chi connectivity index (χ1v) is 6.61. The zero-order valence-corrected chi connectivity index (χ0v) is 11.7. The Morgan fingerprint density at radius 2 is 1.90 bits per heavy atom. The molecule has 2 aromatic rings. The van der Waals surface area contributed by atoms with E-state index in [4.69, 9.17) is 15.2 Å². The first-order chi connectivity index (χ1) is 9.72. The zero-order chi connectivity index (χ0) is 14.4. The van der Waals surface area contributed by atoms with E-state index in [-0.39, 0.29) is 0 Å². The number of hydrogen-bond donors (Lipinski definition) is 2. The highest BCUT2D eigenvalue weighted by Gasteiger charge is 2.06. The van der Waals surface area contributed by atoms with Crippen LogP contribution in [0.4, 0.5) is 17.2 Å². The van der Waals surface area contributed by atoms with Crippen molar-refractivity contribution in [1.82, 2.24) is 4.98 Å². The van der Waals surface area contributed by atoms with Crippen molar-refractivity contribution in [2.45, 2.75) is 13.8 Å². The Hall–Kier alpha value is -2.43. The van der Waals surface area contributed by atoms with E-state index < -0.39 is 0 Å². The van der Waals surface area contributed by atoms with Crippen molar-refractivity contribution < 1.29 is 9.47 Å². The summed E-state index contributed by atoms with van der Waals surface area (Å²) in [4.78, 5) is 3.97. The second kappa shape index (κ2) is 6.65. The largest absolute Gasteiger partial charge is 0.494 e. The maximum Gasteiger partial charge on any atom is 0.142 e. The molecule has 0 aliphatic heterocycles. The summed E-state index contributed by atoms with van der Waals surface area (Å²) in [5.41, 5.74) is 7.37. The Morgan fingerprint density at radius 1 is 1.10 bits per heavy atom. The lowest BCUT2D eigenvalue weighted by Gasteiger charge is -2.14. The molecular formula is C15H19N3O2. The lowest BCUT2D eigenvalue weighted by Crippen LogP contribution is -2.00. The number of nitrogens with zero attached hydrogens (tertiary/aromatic N) is 1. The molecule has 1 aromatic carbocycles. The van der Waals surface area contributed by atoms with E-state index in [9.17, 15) is 0 Å². The van der Waals surface area contributed by atoms with Crippen LogP contribution < -0.4 is 20.5 Å². The molecule has 0 spiro atoms. The third-order valence-corrected chi connectivity index (χ3v) is 2.62. The number of hydrogen-bond acceptors (Lipinski definition) is 5. The highest BCUT2D eigenvalue weighted by molar-refractivity contribution is 5.69. The molecular weight excluding hydrogens is 254 g/mol. The van der Waals surface area contributed by atoms with E-state index in [0.717, 1.165) is 22.9 Å². The van der Waals surface area contributed by atoms with Crippen LogP contribution in [0, 0.1) is 0 Å². The van der Waals surface area contributed by atoms with Gasteiger partial charge in [-0.2, -0.15) is 0 Å². The summed E-state index contributed by atoms with van der Waals surface area (Å²) < 4.78 is 11.1. The molecule has 0 aliphatic rings. The van der Waals surface area contributed by atoms with Crippen molar-refractivity contribution in [3.05, 3.63) is 36.5 Å². The minimum Gasteiger partial charge on any atom is -0.494 e. The van der Waals surface area contributed by atoms with E-state index in [1.807, 2.05) is 38.1 Å². The standard InChI is InChI=1S/C15H19N3O2/c1-3-19-12-5-6-14(20-4-2)13(10-12)18-11-7-8-17-15(16)9-11/h5-10H,3-4H2,1-2H3,(H3,16,17,18). The smallest absolute Gasteiger partial charge is 0.142 e. The highest BCUT2D eigenvalue weighted by atomic mass is 16.5. The molecule has 0 amide bonds. The topological polar surface area (TPSA) is 69.4 Å². The van der Waals surface area contributed by atoms with E-state index in [1.165, 1.54) is 0 Å². The Kier molecular flexibility index (Phi) is 4.65. The molecule has 106 valence electrons. The summed E-state index contributed by atoms with van der Waals surface area (Å²) >= 11 is 0. The fourth-order valence-electron chi connectivity index (χ4n) is 1.83. The Balaban J connectivity index is 2.29. The van der Waals surface area contributed by atoms with Gasteiger partial charge in [-0.3, -0.25) is 0 Å². The van der Waals surface area contributed by atoms with Gasteiger partial charge in [0.25, 0.3) is 0 Å². The van der Waals surface area contributed by atoms with Gasteiger partial charge in [0.1, 0.15) is 17.3 Å². The van der Waals surface area contributed by atoms with Crippen LogP contribution in [0.2, 0.25) is 0 Å². The molecule has 0 saturated heterocycles. The number of anilines is 3. The number of nitrogen functional groups attached to an aromatic ring is 1. The van der Waals surface area contributed by atoms with Crippen LogP contribution in [0.5, 0.6) is 11.5 Å². The molecule has 0 radical (unpaired) electrons. The summed E-state index contributed by atoms with van der Waals surface area (Å²) in [5.74, 6) is 2.03. The summed E-state index contributed by atoms with van der Waals surface area (Å²) in [6.07, 6.45) is 1.66. The number of aromatic nitrogens is 1. The molecule has 5 heteroatoms. The number of ether oxygens (including phenoxy) is 2. The van der Waals surface area contributed by atoms with E-state index in [0.29, 0.717) is 19.0 Å². The lowest BCUT2D eigenvalue weighted by atomic mass is 10.2. The zero-order valence-electron chi connectivity index (χ0n) is 11.7. The van der Waals surface area contributed by atoms with Crippen molar-refractivity contribution in [1.29, 1.82) is 0 Å². The van der Waals surface area contributed by atoms with Crippen molar-refractivity contribution in [3.8, 4) is 11.5 Å². The summed E-state index contributed by atoms with van der Waals surface area (Å²) in [5, 5.41) is 3.27. The minimum atomic E-state index is 0.467. The molecule has 2 rings (SSSR count). The average molecular weight is 273 g/mol. The molecule has 0 atom stereocenters. The number of nitrogens with two attached hydrogens (primary N) is 1. The molecule has 0 fully saturated rings. The molecule has 0 bridgehead atoms. The Labute approximate surface area is 118 Å². The predicted molar refractivity (Wildman–Crippen MR) is 80.7 cm³/mol. The van der Waals surface area contributed by atoms with Gasteiger partial charge in [-0.15, -0.1) is 0 Å². The van der Waals surface area contributed by atoms with E-state index in [1.54, 1.807) is 12.3 Å². The number of benzene rings is 1. The van der Waals surface area contributed by atoms with Crippen molar-refractivity contribution in [2.24, 2.45) is 0 Å². The fraction of sp³-hybridized carbons (Fsp3) is 0.267. The van der Waals surface area contributed by atoms with Gasteiger partial charge in [0, 0.05) is 24.0 Å². The monoisotopic (exact) mass is 273 g/mol.